The summed E-state index contributed by atoms with van der Waals surface area (Å²) in [6, 6.07) is 25.0. The maximum atomic E-state index is 13.9. The number of rotatable bonds is 9. The molecule has 176 valence electrons. The zero-order valence-corrected chi connectivity index (χ0v) is 21.3. The van der Waals surface area contributed by atoms with Crippen LogP contribution in [0.3, 0.4) is 0 Å². The maximum absolute atomic E-state index is 13.9. The Kier molecular flexibility index (Phi) is 7.76. The fraction of sp³-hybridized carbons (Fsp3) is 0.310. The highest BCUT2D eigenvalue weighted by Crippen LogP contribution is 2.34. The van der Waals surface area contributed by atoms with Crippen LogP contribution in [0.25, 0.3) is 10.2 Å². The van der Waals surface area contributed by atoms with Crippen molar-refractivity contribution in [2.75, 3.05) is 32.1 Å². The lowest BCUT2D eigenvalue weighted by Gasteiger charge is -2.24. The summed E-state index contributed by atoms with van der Waals surface area (Å²) in [4.78, 5) is 22.9. The largest absolute Gasteiger partial charge is 0.309 e. The third kappa shape index (κ3) is 5.72. The molecule has 3 aromatic carbocycles. The van der Waals surface area contributed by atoms with Crippen LogP contribution in [-0.4, -0.2) is 43.0 Å². The molecule has 1 amide bonds. The Labute approximate surface area is 206 Å². The maximum Gasteiger partial charge on any atom is 0.229 e. The van der Waals surface area contributed by atoms with Crippen LogP contribution in [0.15, 0.2) is 72.8 Å². The van der Waals surface area contributed by atoms with Crippen LogP contribution in [0.1, 0.15) is 41.0 Å². The number of carbonyl (C=O) groups excluding carboxylic acids is 1. The number of amides is 1. The van der Waals surface area contributed by atoms with E-state index in [1.165, 1.54) is 11.1 Å². The molecule has 4 rings (SSSR count). The lowest BCUT2D eigenvalue weighted by molar-refractivity contribution is -0.118. The predicted molar refractivity (Wildman–Crippen MR) is 144 cm³/mol. The average molecular weight is 472 g/mol. The second-order valence-corrected chi connectivity index (χ2v) is 10.2. The minimum Gasteiger partial charge on any atom is -0.309 e. The summed E-state index contributed by atoms with van der Waals surface area (Å²) in [5, 5.41) is 0.798. The molecule has 1 aromatic heterocycles. The molecule has 0 N–H and O–H groups in total. The van der Waals surface area contributed by atoms with E-state index in [4.69, 9.17) is 4.98 Å². The number of fused-ring (bicyclic) bond motifs is 1. The normalized spacial score (nSPS) is 11.5. The van der Waals surface area contributed by atoms with Gasteiger partial charge in [0.25, 0.3) is 0 Å². The number of anilines is 1. The molecule has 0 bridgehead atoms. The van der Waals surface area contributed by atoms with Crippen LogP contribution in [0, 0.1) is 13.8 Å². The second kappa shape index (κ2) is 10.9. The number of thiazole rings is 1. The molecule has 34 heavy (non-hydrogen) atoms. The average Bonchev–Trinajstić information content (AvgIpc) is 3.25. The van der Waals surface area contributed by atoms with Gasteiger partial charge in [0.2, 0.25) is 5.91 Å². The van der Waals surface area contributed by atoms with E-state index in [1.54, 1.807) is 11.3 Å². The predicted octanol–water partition coefficient (Wildman–Crippen LogP) is 6.42. The van der Waals surface area contributed by atoms with E-state index >= 15 is 0 Å². The fourth-order valence-electron chi connectivity index (χ4n) is 4.44. The number of nitrogens with zero attached hydrogens (tertiary/aromatic N) is 3. The monoisotopic (exact) mass is 471 g/mol. The first-order valence-corrected chi connectivity index (χ1v) is 12.7. The standard InChI is InChI=1S/C29H33N3OS/c1-21-18-22(2)28-26(19-21)30-29(34-28)32(17-11-16-31(3)4)27(33)20-25(23-12-7-5-8-13-23)24-14-9-6-10-15-24/h5-10,12-15,18-19,25H,11,16-17,20H2,1-4H3. The van der Waals surface area contributed by atoms with E-state index in [9.17, 15) is 4.79 Å². The minimum atomic E-state index is 0.00427. The highest BCUT2D eigenvalue weighted by atomic mass is 32.1. The van der Waals surface area contributed by atoms with Crippen molar-refractivity contribution in [1.29, 1.82) is 0 Å². The van der Waals surface area contributed by atoms with Crippen molar-refractivity contribution in [1.82, 2.24) is 9.88 Å². The fourth-order valence-corrected chi connectivity index (χ4v) is 5.50. The van der Waals surface area contributed by atoms with Crippen molar-refractivity contribution in [3.05, 3.63) is 95.1 Å². The van der Waals surface area contributed by atoms with Crippen molar-refractivity contribution in [2.45, 2.75) is 32.6 Å². The van der Waals surface area contributed by atoms with Gasteiger partial charge in [0.15, 0.2) is 5.13 Å². The van der Waals surface area contributed by atoms with E-state index < -0.39 is 0 Å². The Bertz CT molecular complexity index is 1190. The zero-order chi connectivity index (χ0) is 24.1. The Hall–Kier alpha value is -3.02. The van der Waals surface area contributed by atoms with Crippen LogP contribution in [0.4, 0.5) is 5.13 Å². The molecule has 4 nitrogen and oxygen atoms in total. The van der Waals surface area contributed by atoms with E-state index in [-0.39, 0.29) is 11.8 Å². The molecular formula is C29H33N3OS. The van der Waals surface area contributed by atoms with Gasteiger partial charge in [-0.3, -0.25) is 9.69 Å². The Morgan fingerprint density at radius 2 is 1.53 bits per heavy atom. The van der Waals surface area contributed by atoms with E-state index in [0.717, 1.165) is 39.4 Å². The van der Waals surface area contributed by atoms with Gasteiger partial charge in [-0.1, -0.05) is 78.1 Å². The second-order valence-electron chi connectivity index (χ2n) is 9.21. The summed E-state index contributed by atoms with van der Waals surface area (Å²) in [5.41, 5.74) is 5.70. The third-order valence-corrected chi connectivity index (χ3v) is 7.34. The number of benzene rings is 3. The lowest BCUT2D eigenvalue weighted by Crippen LogP contribution is -2.34. The summed E-state index contributed by atoms with van der Waals surface area (Å²) in [5.74, 6) is 0.120. The molecule has 1 heterocycles. The van der Waals surface area contributed by atoms with Crippen molar-refractivity contribution in [3.8, 4) is 0 Å². The van der Waals surface area contributed by atoms with E-state index in [0.29, 0.717) is 13.0 Å². The van der Waals surface area contributed by atoms with Crippen LogP contribution in [-0.2, 0) is 4.79 Å². The van der Waals surface area contributed by atoms with Gasteiger partial charge in [-0.2, -0.15) is 0 Å². The zero-order valence-electron chi connectivity index (χ0n) is 20.5. The molecule has 0 radical (unpaired) electrons. The summed E-state index contributed by atoms with van der Waals surface area (Å²) in [6.07, 6.45) is 1.30. The number of carbonyl (C=O) groups is 1. The Balaban J connectivity index is 1.67. The summed E-state index contributed by atoms with van der Waals surface area (Å²) in [6.45, 7) is 5.80. The molecule has 0 saturated carbocycles. The van der Waals surface area contributed by atoms with Crippen molar-refractivity contribution in [3.63, 3.8) is 0 Å². The molecular weight excluding hydrogens is 438 g/mol. The first kappa shape index (κ1) is 24.1. The first-order valence-electron chi connectivity index (χ1n) is 11.8. The van der Waals surface area contributed by atoms with Gasteiger partial charge in [-0.05, 0) is 69.2 Å². The minimum absolute atomic E-state index is 0.00427. The van der Waals surface area contributed by atoms with Gasteiger partial charge in [0.05, 0.1) is 10.2 Å². The van der Waals surface area contributed by atoms with Gasteiger partial charge >= 0.3 is 0 Å². The molecule has 0 spiro atoms. The molecule has 0 aliphatic heterocycles. The summed E-state index contributed by atoms with van der Waals surface area (Å²) < 4.78 is 1.16. The number of aryl methyl sites for hydroxylation is 2. The van der Waals surface area contributed by atoms with Crippen molar-refractivity contribution < 1.29 is 4.79 Å². The first-order chi connectivity index (χ1) is 16.4. The van der Waals surface area contributed by atoms with E-state index in [1.807, 2.05) is 41.3 Å². The third-order valence-electron chi connectivity index (χ3n) is 6.11. The van der Waals surface area contributed by atoms with E-state index in [2.05, 4.69) is 69.2 Å². The van der Waals surface area contributed by atoms with Gasteiger partial charge in [0, 0.05) is 18.9 Å². The summed E-state index contributed by atoms with van der Waals surface area (Å²) in [7, 11) is 4.13. The Morgan fingerprint density at radius 3 is 2.12 bits per heavy atom. The molecule has 0 unspecified atom stereocenters. The van der Waals surface area contributed by atoms with Gasteiger partial charge in [0.1, 0.15) is 0 Å². The summed E-state index contributed by atoms with van der Waals surface area (Å²) >= 11 is 1.63. The molecule has 0 fully saturated rings. The molecule has 0 aliphatic rings. The van der Waals surface area contributed by atoms with Gasteiger partial charge in [-0.15, -0.1) is 0 Å². The van der Waals surface area contributed by atoms with Gasteiger partial charge < -0.3 is 4.90 Å². The molecule has 0 atom stereocenters. The van der Waals surface area contributed by atoms with Crippen LogP contribution < -0.4 is 4.90 Å². The van der Waals surface area contributed by atoms with Crippen LogP contribution >= 0.6 is 11.3 Å². The molecule has 0 aliphatic carbocycles. The number of hydrogen-bond donors (Lipinski definition) is 0. The highest BCUT2D eigenvalue weighted by Gasteiger charge is 2.25. The van der Waals surface area contributed by atoms with Crippen LogP contribution in [0.5, 0.6) is 0 Å². The van der Waals surface area contributed by atoms with Crippen molar-refractivity contribution in [2.24, 2.45) is 0 Å². The molecule has 4 aromatic rings. The smallest absolute Gasteiger partial charge is 0.229 e. The van der Waals surface area contributed by atoms with Gasteiger partial charge in [-0.25, -0.2) is 4.98 Å². The molecule has 0 saturated heterocycles. The lowest BCUT2D eigenvalue weighted by atomic mass is 9.88. The van der Waals surface area contributed by atoms with Crippen molar-refractivity contribution >= 4 is 32.6 Å². The number of hydrogen-bond acceptors (Lipinski definition) is 4. The topological polar surface area (TPSA) is 36.4 Å². The highest BCUT2D eigenvalue weighted by molar-refractivity contribution is 7.22. The number of aromatic nitrogens is 1. The quantitative estimate of drug-likeness (QED) is 0.283. The SMILES string of the molecule is Cc1cc(C)c2sc(N(CCCN(C)C)C(=O)CC(c3ccccc3)c3ccccc3)nc2c1. The Morgan fingerprint density at radius 1 is 0.912 bits per heavy atom. The van der Waals surface area contributed by atoms with Crippen LogP contribution in [0.2, 0.25) is 0 Å². The molecule has 5 heteroatoms.